The predicted molar refractivity (Wildman–Crippen MR) is 85.2 cm³/mol. The van der Waals surface area contributed by atoms with Gasteiger partial charge in [-0.2, -0.15) is 0 Å². The van der Waals surface area contributed by atoms with Crippen LogP contribution in [0.4, 0.5) is 0 Å². The van der Waals surface area contributed by atoms with Gasteiger partial charge >= 0.3 is 0 Å². The molecule has 5 nitrogen and oxygen atoms in total. The molecule has 0 saturated carbocycles. The molecule has 0 fully saturated rings. The van der Waals surface area contributed by atoms with Crippen LogP contribution in [0.1, 0.15) is 24.3 Å². The lowest BCUT2D eigenvalue weighted by molar-refractivity contribution is -0.119. The molecule has 0 aliphatic heterocycles. The van der Waals surface area contributed by atoms with Crippen LogP contribution in [0.3, 0.4) is 0 Å². The van der Waals surface area contributed by atoms with E-state index in [1.54, 1.807) is 12.3 Å². The molecule has 1 amide bonds. The fourth-order valence-electron chi connectivity index (χ4n) is 1.77. The van der Waals surface area contributed by atoms with Gasteiger partial charge in [0, 0.05) is 13.0 Å². The molecule has 2 rings (SSSR count). The van der Waals surface area contributed by atoms with Gasteiger partial charge in [0.2, 0.25) is 5.91 Å². The van der Waals surface area contributed by atoms with E-state index in [1.807, 2.05) is 19.9 Å². The minimum absolute atomic E-state index is 0.116. The summed E-state index contributed by atoms with van der Waals surface area (Å²) < 4.78 is 5.60. The highest BCUT2D eigenvalue weighted by Crippen LogP contribution is 2.29. The summed E-state index contributed by atoms with van der Waals surface area (Å²) in [7, 11) is 0. The highest BCUT2D eigenvalue weighted by Gasteiger charge is 2.05. The number of aromatic hydroxyl groups is 1. The number of aromatic nitrogens is 1. The van der Waals surface area contributed by atoms with E-state index >= 15 is 0 Å². The van der Waals surface area contributed by atoms with Gasteiger partial charge in [-0.25, -0.2) is 4.98 Å². The molecule has 0 aliphatic carbocycles. The van der Waals surface area contributed by atoms with Gasteiger partial charge in [-0.3, -0.25) is 4.79 Å². The number of carbonyl (C=O) groups is 1. The van der Waals surface area contributed by atoms with Crippen molar-refractivity contribution >= 4 is 17.2 Å². The lowest BCUT2D eigenvalue weighted by Gasteiger charge is -2.03. The Morgan fingerprint density at radius 1 is 1.45 bits per heavy atom. The van der Waals surface area contributed by atoms with Gasteiger partial charge < -0.3 is 15.2 Å². The first kappa shape index (κ1) is 15.9. The number of hydrogen-bond acceptors (Lipinski definition) is 5. The van der Waals surface area contributed by atoms with Crippen molar-refractivity contribution in [1.29, 1.82) is 0 Å². The van der Waals surface area contributed by atoms with Gasteiger partial charge in [0.25, 0.3) is 5.19 Å². The summed E-state index contributed by atoms with van der Waals surface area (Å²) in [5, 5.41) is 12.7. The molecule has 0 radical (unpaired) electrons. The van der Waals surface area contributed by atoms with Crippen molar-refractivity contribution < 1.29 is 14.6 Å². The van der Waals surface area contributed by atoms with Gasteiger partial charge in [0.15, 0.2) is 0 Å². The highest BCUT2D eigenvalue weighted by molar-refractivity contribution is 7.13. The molecule has 2 N–H and O–H groups in total. The number of benzene rings is 1. The van der Waals surface area contributed by atoms with E-state index in [4.69, 9.17) is 4.74 Å². The summed E-state index contributed by atoms with van der Waals surface area (Å²) in [4.78, 5) is 15.8. The maximum absolute atomic E-state index is 10.9. The van der Waals surface area contributed by atoms with Gasteiger partial charge in [-0.1, -0.05) is 23.2 Å². The van der Waals surface area contributed by atoms with Gasteiger partial charge in [-0.15, -0.1) is 0 Å². The number of aryl methyl sites for hydroxylation is 1. The molecule has 1 aromatic heterocycles. The molecule has 1 aromatic carbocycles. The number of phenols is 1. The largest absolute Gasteiger partial charge is 0.508 e. The van der Waals surface area contributed by atoms with Crippen molar-refractivity contribution in [2.24, 2.45) is 0 Å². The zero-order valence-electron chi connectivity index (χ0n) is 12.5. The van der Waals surface area contributed by atoms with Crippen LogP contribution in [-0.2, 0) is 4.79 Å². The molecular formula is C16H16N2O3S. The SMILES string of the molecule is CC(=O)NC(C)C#Cc1cnc(Oc2cc(C)cc(O)c2)s1. The normalized spacial score (nSPS) is 11.2. The second-order valence-corrected chi connectivity index (χ2v) is 5.78. The van der Waals surface area contributed by atoms with Crippen molar-refractivity contribution in [3.8, 4) is 28.5 Å². The third kappa shape index (κ3) is 4.79. The fourth-order valence-corrected chi connectivity index (χ4v) is 2.42. The lowest BCUT2D eigenvalue weighted by atomic mass is 10.2. The Morgan fingerprint density at radius 2 is 2.23 bits per heavy atom. The zero-order valence-corrected chi connectivity index (χ0v) is 13.3. The van der Waals surface area contributed by atoms with E-state index < -0.39 is 0 Å². The minimum atomic E-state index is -0.224. The maximum Gasteiger partial charge on any atom is 0.279 e. The summed E-state index contributed by atoms with van der Waals surface area (Å²) in [6, 6.07) is 4.76. The van der Waals surface area contributed by atoms with Crippen molar-refractivity contribution in [1.82, 2.24) is 10.3 Å². The second kappa shape index (κ2) is 6.96. The second-order valence-electron chi connectivity index (χ2n) is 4.79. The van der Waals surface area contributed by atoms with E-state index in [2.05, 4.69) is 22.1 Å². The quantitative estimate of drug-likeness (QED) is 0.854. The Bertz CT molecular complexity index is 723. The summed E-state index contributed by atoms with van der Waals surface area (Å²) in [6.45, 7) is 5.13. The van der Waals surface area contributed by atoms with E-state index in [0.29, 0.717) is 10.9 Å². The maximum atomic E-state index is 10.9. The van der Waals surface area contributed by atoms with Crippen LogP contribution in [0, 0.1) is 18.8 Å². The molecule has 1 atom stereocenters. The number of rotatable bonds is 3. The fraction of sp³-hybridized carbons (Fsp3) is 0.250. The standard InChI is InChI=1S/C16H16N2O3S/c1-10-6-13(20)8-14(7-10)21-16-17-9-15(22-16)5-4-11(2)18-12(3)19/h6-9,11,20H,1-3H3,(H,18,19). The number of hydrogen-bond donors (Lipinski definition) is 2. The molecule has 6 heteroatoms. The van der Waals surface area contributed by atoms with E-state index in [0.717, 1.165) is 10.4 Å². The first-order valence-electron chi connectivity index (χ1n) is 6.65. The molecule has 1 heterocycles. The summed E-state index contributed by atoms with van der Waals surface area (Å²) in [5.74, 6) is 6.42. The Labute approximate surface area is 133 Å². The zero-order chi connectivity index (χ0) is 16.1. The van der Waals surface area contributed by atoms with Crippen molar-refractivity contribution in [3.63, 3.8) is 0 Å². The van der Waals surface area contributed by atoms with Crippen molar-refractivity contribution in [2.45, 2.75) is 26.8 Å². The average molecular weight is 316 g/mol. The van der Waals surface area contributed by atoms with Crippen molar-refractivity contribution in [3.05, 3.63) is 34.8 Å². The molecular weight excluding hydrogens is 300 g/mol. The Morgan fingerprint density at radius 3 is 2.91 bits per heavy atom. The molecule has 22 heavy (non-hydrogen) atoms. The first-order chi connectivity index (χ1) is 10.4. The van der Waals surface area contributed by atoms with Gasteiger partial charge in [0.05, 0.1) is 12.2 Å². The van der Waals surface area contributed by atoms with Crippen LogP contribution < -0.4 is 10.1 Å². The Balaban J connectivity index is 2.05. The van der Waals surface area contributed by atoms with Gasteiger partial charge in [0.1, 0.15) is 16.4 Å². The lowest BCUT2D eigenvalue weighted by Crippen LogP contribution is -2.28. The topological polar surface area (TPSA) is 71.5 Å². The molecule has 1 unspecified atom stereocenters. The molecule has 0 spiro atoms. The van der Waals surface area contributed by atoms with E-state index in [1.165, 1.54) is 24.3 Å². The van der Waals surface area contributed by atoms with Crippen LogP contribution >= 0.6 is 11.3 Å². The minimum Gasteiger partial charge on any atom is -0.508 e. The number of nitrogens with one attached hydrogen (secondary N) is 1. The molecule has 114 valence electrons. The Hall–Kier alpha value is -2.52. The van der Waals surface area contributed by atoms with E-state index in [9.17, 15) is 9.90 Å². The smallest absolute Gasteiger partial charge is 0.279 e. The molecule has 0 bridgehead atoms. The number of thiazole rings is 1. The number of carbonyl (C=O) groups excluding carboxylic acids is 1. The molecule has 2 aromatic rings. The third-order valence-electron chi connectivity index (χ3n) is 2.56. The van der Waals surface area contributed by atoms with Crippen LogP contribution in [0.15, 0.2) is 24.4 Å². The van der Waals surface area contributed by atoms with E-state index in [-0.39, 0.29) is 17.7 Å². The van der Waals surface area contributed by atoms with Crippen LogP contribution in [-0.4, -0.2) is 22.0 Å². The predicted octanol–water partition coefficient (Wildman–Crippen LogP) is 2.83. The van der Waals surface area contributed by atoms with Crippen LogP contribution in [0.2, 0.25) is 0 Å². The summed E-state index contributed by atoms with van der Waals surface area (Å²) in [6.07, 6.45) is 1.61. The first-order valence-corrected chi connectivity index (χ1v) is 7.47. The Kier molecular flexibility index (Phi) is 5.02. The third-order valence-corrected chi connectivity index (χ3v) is 3.35. The molecule has 0 saturated heterocycles. The van der Waals surface area contributed by atoms with Crippen LogP contribution in [0.25, 0.3) is 0 Å². The van der Waals surface area contributed by atoms with Crippen molar-refractivity contribution in [2.75, 3.05) is 0 Å². The highest BCUT2D eigenvalue weighted by atomic mass is 32.1. The average Bonchev–Trinajstić information content (AvgIpc) is 2.82. The number of nitrogens with zero attached hydrogens (tertiary/aromatic N) is 1. The number of amides is 1. The summed E-state index contributed by atoms with van der Waals surface area (Å²) >= 11 is 1.30. The molecule has 0 aliphatic rings. The monoisotopic (exact) mass is 316 g/mol. The number of ether oxygens (including phenoxy) is 1. The van der Waals surface area contributed by atoms with Crippen LogP contribution in [0.5, 0.6) is 16.7 Å². The number of phenolic OH excluding ortho intramolecular Hbond substituents is 1. The van der Waals surface area contributed by atoms with Gasteiger partial charge in [-0.05, 0) is 31.5 Å². The summed E-state index contributed by atoms with van der Waals surface area (Å²) in [5.41, 5.74) is 0.899.